The van der Waals surface area contributed by atoms with E-state index in [-0.39, 0.29) is 13.0 Å². The van der Waals surface area contributed by atoms with Gasteiger partial charge in [-0.3, -0.25) is 19.1 Å². The number of hydrogen-bond acceptors (Lipinski definition) is 4. The molecule has 2 aromatic rings. The number of aliphatic carboxylic acids is 1. The van der Waals surface area contributed by atoms with Crippen LogP contribution in [0.2, 0.25) is 0 Å². The van der Waals surface area contributed by atoms with Gasteiger partial charge in [0.15, 0.2) is 0 Å². The van der Waals surface area contributed by atoms with Crippen LogP contribution in [0.15, 0.2) is 46.1 Å². The van der Waals surface area contributed by atoms with Crippen LogP contribution in [0, 0.1) is 0 Å². The molecule has 1 aromatic carbocycles. The molecule has 0 spiro atoms. The summed E-state index contributed by atoms with van der Waals surface area (Å²) in [7, 11) is 0. The van der Waals surface area contributed by atoms with Crippen molar-refractivity contribution in [2.24, 2.45) is 0 Å². The van der Waals surface area contributed by atoms with Gasteiger partial charge < -0.3 is 10.4 Å². The summed E-state index contributed by atoms with van der Waals surface area (Å²) in [6.45, 7) is 1.47. The third kappa shape index (κ3) is 4.90. The zero-order valence-corrected chi connectivity index (χ0v) is 13.7. The van der Waals surface area contributed by atoms with Crippen LogP contribution in [-0.2, 0) is 29.0 Å². The van der Waals surface area contributed by atoms with Crippen LogP contribution in [0.25, 0.3) is 0 Å². The minimum atomic E-state index is -1.29. The molecule has 1 aromatic heterocycles. The monoisotopic (exact) mass is 345 g/mol. The average molecular weight is 345 g/mol. The van der Waals surface area contributed by atoms with Gasteiger partial charge in [-0.2, -0.15) is 0 Å². The van der Waals surface area contributed by atoms with Crippen molar-refractivity contribution in [3.05, 3.63) is 68.5 Å². The van der Waals surface area contributed by atoms with E-state index < -0.39 is 29.2 Å². The number of benzene rings is 1. The number of aromatic nitrogens is 2. The third-order valence-corrected chi connectivity index (χ3v) is 3.69. The quantitative estimate of drug-likeness (QED) is 0.647. The molecule has 1 heterocycles. The number of aryl methyl sites for hydroxylation is 1. The number of carboxylic acids is 1. The molecule has 0 radical (unpaired) electrons. The van der Waals surface area contributed by atoms with Gasteiger partial charge in [-0.15, -0.1) is 0 Å². The molecule has 1 atom stereocenters. The Hall–Kier alpha value is -3.16. The van der Waals surface area contributed by atoms with E-state index in [1.807, 2.05) is 6.07 Å². The normalized spacial score (nSPS) is 11.7. The summed E-state index contributed by atoms with van der Waals surface area (Å²) in [6, 6.07) is 7.61. The van der Waals surface area contributed by atoms with Gasteiger partial charge in [0.2, 0.25) is 5.91 Å². The Kier molecular flexibility index (Phi) is 5.89. The molecule has 0 aliphatic heterocycles. The van der Waals surface area contributed by atoms with Crippen molar-refractivity contribution in [2.45, 2.75) is 32.4 Å². The first-order valence-corrected chi connectivity index (χ1v) is 7.79. The molecular weight excluding hydrogens is 326 g/mol. The minimum Gasteiger partial charge on any atom is -0.480 e. The maximum atomic E-state index is 12.1. The summed E-state index contributed by atoms with van der Waals surface area (Å²) < 4.78 is 1.09. The van der Waals surface area contributed by atoms with Crippen molar-refractivity contribution < 1.29 is 14.7 Å². The molecule has 2 rings (SSSR count). The Morgan fingerprint density at radius 1 is 1.24 bits per heavy atom. The second-order valence-corrected chi connectivity index (χ2v) is 5.54. The molecule has 0 fully saturated rings. The predicted molar refractivity (Wildman–Crippen MR) is 90.4 cm³/mol. The topological polar surface area (TPSA) is 121 Å². The van der Waals surface area contributed by atoms with Gasteiger partial charge in [0, 0.05) is 11.8 Å². The average Bonchev–Trinajstić information content (AvgIpc) is 2.57. The number of rotatable bonds is 7. The van der Waals surface area contributed by atoms with Crippen molar-refractivity contribution in [1.82, 2.24) is 14.9 Å². The van der Waals surface area contributed by atoms with E-state index in [1.54, 1.807) is 31.2 Å². The van der Waals surface area contributed by atoms with Crippen molar-refractivity contribution >= 4 is 11.9 Å². The zero-order chi connectivity index (χ0) is 18.4. The lowest BCUT2D eigenvalue weighted by Gasteiger charge is -2.16. The minimum absolute atomic E-state index is 0.0331. The van der Waals surface area contributed by atoms with Crippen LogP contribution in [0.3, 0.4) is 0 Å². The first-order chi connectivity index (χ1) is 11.9. The lowest BCUT2D eigenvalue weighted by molar-refractivity contribution is -0.142. The van der Waals surface area contributed by atoms with E-state index in [1.165, 1.54) is 6.20 Å². The summed E-state index contributed by atoms with van der Waals surface area (Å²) >= 11 is 0. The van der Waals surface area contributed by atoms with Gasteiger partial charge in [0.05, 0.1) is 13.0 Å². The number of H-pyrrole nitrogens is 1. The summed E-state index contributed by atoms with van der Waals surface area (Å²) in [5, 5.41) is 11.7. The summed E-state index contributed by atoms with van der Waals surface area (Å²) in [6.07, 6.45) is 1.75. The van der Waals surface area contributed by atoms with Crippen LogP contribution in [0.4, 0.5) is 0 Å². The fraction of sp³-hybridized carbons (Fsp3) is 0.294. The van der Waals surface area contributed by atoms with E-state index >= 15 is 0 Å². The highest BCUT2D eigenvalue weighted by atomic mass is 16.4. The van der Waals surface area contributed by atoms with Crippen molar-refractivity contribution in [3.63, 3.8) is 0 Å². The van der Waals surface area contributed by atoms with Gasteiger partial charge in [0.25, 0.3) is 5.56 Å². The van der Waals surface area contributed by atoms with Crippen LogP contribution in [0.5, 0.6) is 0 Å². The summed E-state index contributed by atoms with van der Waals surface area (Å²) in [5.41, 5.74) is -0.104. The molecule has 0 unspecified atom stereocenters. The van der Waals surface area contributed by atoms with E-state index in [2.05, 4.69) is 10.3 Å². The molecule has 0 bridgehead atoms. The number of aromatic amines is 1. The van der Waals surface area contributed by atoms with Gasteiger partial charge in [-0.25, -0.2) is 9.59 Å². The third-order valence-electron chi connectivity index (χ3n) is 3.69. The molecule has 0 aliphatic carbocycles. The SMILES string of the molecule is CCc1cn(C[C@H](NC(=O)Cc2ccccc2)C(=O)O)c(=O)[nH]c1=O. The molecule has 0 saturated carbocycles. The lowest BCUT2D eigenvalue weighted by Crippen LogP contribution is -2.46. The maximum absolute atomic E-state index is 12.1. The Balaban J connectivity index is 2.14. The van der Waals surface area contributed by atoms with Crippen LogP contribution in [0.1, 0.15) is 18.1 Å². The predicted octanol–water partition coefficient (Wildman–Crippen LogP) is -0.0889. The van der Waals surface area contributed by atoms with E-state index in [4.69, 9.17) is 0 Å². The van der Waals surface area contributed by atoms with Crippen molar-refractivity contribution in [3.8, 4) is 0 Å². The standard InChI is InChI=1S/C17H19N3O5/c1-2-12-9-20(17(25)19-15(12)22)10-13(16(23)24)18-14(21)8-11-6-4-3-5-7-11/h3-7,9,13H,2,8,10H2,1H3,(H,18,21)(H,23,24)(H,19,22,25)/t13-/m0/s1. The van der Waals surface area contributed by atoms with Gasteiger partial charge in [-0.1, -0.05) is 37.3 Å². The number of carbonyl (C=O) groups is 2. The Bertz CT molecular complexity index is 870. The van der Waals surface area contributed by atoms with Crippen LogP contribution >= 0.6 is 0 Å². The number of nitrogens with one attached hydrogen (secondary N) is 2. The molecule has 25 heavy (non-hydrogen) atoms. The fourth-order valence-corrected chi connectivity index (χ4v) is 2.35. The highest BCUT2D eigenvalue weighted by Crippen LogP contribution is 2.00. The molecule has 1 amide bonds. The molecule has 132 valence electrons. The largest absolute Gasteiger partial charge is 0.480 e. The van der Waals surface area contributed by atoms with E-state index in [9.17, 15) is 24.3 Å². The molecule has 8 heteroatoms. The number of hydrogen-bond donors (Lipinski definition) is 3. The van der Waals surface area contributed by atoms with E-state index in [0.717, 1.165) is 10.1 Å². The highest BCUT2D eigenvalue weighted by molar-refractivity contribution is 5.84. The number of amides is 1. The number of carboxylic acid groups (broad SMARTS) is 1. The lowest BCUT2D eigenvalue weighted by atomic mass is 10.1. The zero-order valence-electron chi connectivity index (χ0n) is 13.7. The second kappa shape index (κ2) is 8.09. The first kappa shape index (κ1) is 18.2. The van der Waals surface area contributed by atoms with Crippen molar-refractivity contribution in [2.75, 3.05) is 0 Å². The number of nitrogens with zero attached hydrogens (tertiary/aromatic N) is 1. The molecule has 0 aliphatic rings. The fourth-order valence-electron chi connectivity index (χ4n) is 2.35. The van der Waals surface area contributed by atoms with Crippen LogP contribution < -0.4 is 16.6 Å². The maximum Gasteiger partial charge on any atom is 0.328 e. The Labute approximate surface area is 143 Å². The molecular formula is C17H19N3O5. The first-order valence-electron chi connectivity index (χ1n) is 7.79. The highest BCUT2D eigenvalue weighted by Gasteiger charge is 2.21. The molecule has 3 N–H and O–H groups in total. The molecule has 0 saturated heterocycles. The smallest absolute Gasteiger partial charge is 0.328 e. The van der Waals surface area contributed by atoms with E-state index in [0.29, 0.717) is 12.0 Å². The summed E-state index contributed by atoms with van der Waals surface area (Å²) in [4.78, 5) is 49.0. The van der Waals surface area contributed by atoms with Crippen LogP contribution in [-0.4, -0.2) is 32.6 Å². The van der Waals surface area contributed by atoms with Gasteiger partial charge in [-0.05, 0) is 12.0 Å². The second-order valence-electron chi connectivity index (χ2n) is 5.54. The number of carbonyl (C=O) groups excluding carboxylic acids is 1. The van der Waals surface area contributed by atoms with Crippen molar-refractivity contribution in [1.29, 1.82) is 0 Å². The van der Waals surface area contributed by atoms with Gasteiger partial charge >= 0.3 is 11.7 Å². The molecule has 8 nitrogen and oxygen atoms in total. The Morgan fingerprint density at radius 2 is 1.92 bits per heavy atom. The van der Waals surface area contributed by atoms with Gasteiger partial charge in [0.1, 0.15) is 6.04 Å². The summed E-state index contributed by atoms with van der Waals surface area (Å²) in [5.74, 6) is -1.73. The Morgan fingerprint density at radius 3 is 2.52 bits per heavy atom.